The molecule has 1 aromatic carbocycles. The normalized spacial score (nSPS) is 11.8. The monoisotopic (exact) mass is 356 g/mol. The SMILES string of the molecule is C=CCOc1c(Cl)cc(C(=O)NC(C)c2n[nH]c(=O)[nH]2)cc1Cl. The first kappa shape index (κ1) is 17.1. The molecule has 1 unspecified atom stereocenters. The smallest absolute Gasteiger partial charge is 0.340 e. The van der Waals surface area contributed by atoms with E-state index in [0.717, 1.165) is 0 Å². The Balaban J connectivity index is 2.16. The van der Waals surface area contributed by atoms with Crippen molar-refractivity contribution in [2.45, 2.75) is 13.0 Å². The molecule has 0 saturated heterocycles. The molecule has 0 aliphatic heterocycles. The number of hydrogen-bond donors (Lipinski definition) is 3. The van der Waals surface area contributed by atoms with Crippen LogP contribution in [0.15, 0.2) is 29.6 Å². The molecule has 0 saturated carbocycles. The molecular formula is C14H14Cl2N4O3. The third-order valence-electron chi connectivity index (χ3n) is 2.88. The summed E-state index contributed by atoms with van der Waals surface area (Å²) in [5.41, 5.74) is -0.188. The fraction of sp³-hybridized carbons (Fsp3) is 0.214. The molecule has 122 valence electrons. The molecule has 1 amide bonds. The van der Waals surface area contributed by atoms with E-state index in [1.165, 1.54) is 12.1 Å². The zero-order chi connectivity index (χ0) is 17.0. The van der Waals surface area contributed by atoms with E-state index < -0.39 is 17.6 Å². The van der Waals surface area contributed by atoms with E-state index in [-0.39, 0.29) is 28.0 Å². The van der Waals surface area contributed by atoms with Gasteiger partial charge >= 0.3 is 5.69 Å². The van der Waals surface area contributed by atoms with E-state index in [0.29, 0.717) is 5.82 Å². The van der Waals surface area contributed by atoms with Gasteiger partial charge in [0, 0.05) is 5.56 Å². The molecule has 23 heavy (non-hydrogen) atoms. The Hall–Kier alpha value is -2.25. The van der Waals surface area contributed by atoms with Crippen molar-refractivity contribution in [2.75, 3.05) is 6.61 Å². The third-order valence-corrected chi connectivity index (χ3v) is 3.44. The standard InChI is InChI=1S/C14H14Cl2N4O3/c1-3-4-23-11-9(15)5-8(6-10(11)16)13(21)17-7(2)12-18-14(22)20-19-12/h3,5-7H,1,4H2,2H3,(H,17,21)(H2,18,19,20,22). The Kier molecular flexibility index (Phi) is 5.46. The molecule has 0 fully saturated rings. The first-order chi connectivity index (χ1) is 10.9. The van der Waals surface area contributed by atoms with E-state index >= 15 is 0 Å². The summed E-state index contributed by atoms with van der Waals surface area (Å²) in [7, 11) is 0. The summed E-state index contributed by atoms with van der Waals surface area (Å²) in [6.45, 7) is 5.46. The van der Waals surface area contributed by atoms with Gasteiger partial charge in [0.05, 0.1) is 16.1 Å². The van der Waals surface area contributed by atoms with Crippen LogP contribution in [0.5, 0.6) is 5.75 Å². The van der Waals surface area contributed by atoms with Gasteiger partial charge in [-0.25, -0.2) is 9.89 Å². The van der Waals surface area contributed by atoms with Gasteiger partial charge in [0.2, 0.25) is 0 Å². The first-order valence-electron chi connectivity index (χ1n) is 6.60. The molecule has 1 heterocycles. The first-order valence-corrected chi connectivity index (χ1v) is 7.36. The summed E-state index contributed by atoms with van der Waals surface area (Å²) in [6, 6.07) is 2.39. The zero-order valence-corrected chi connectivity index (χ0v) is 13.7. The molecule has 0 aliphatic rings. The molecule has 2 rings (SSSR count). The van der Waals surface area contributed by atoms with Crippen LogP contribution >= 0.6 is 23.2 Å². The molecule has 0 spiro atoms. The maximum atomic E-state index is 12.2. The number of aromatic nitrogens is 3. The zero-order valence-electron chi connectivity index (χ0n) is 12.2. The van der Waals surface area contributed by atoms with Crippen LogP contribution in [0.2, 0.25) is 10.0 Å². The second kappa shape index (κ2) is 7.34. The number of halogens is 2. The predicted molar refractivity (Wildman–Crippen MR) is 87.2 cm³/mol. The summed E-state index contributed by atoms with van der Waals surface area (Å²) < 4.78 is 5.34. The quantitative estimate of drug-likeness (QED) is 0.692. The Morgan fingerprint density at radius 2 is 2.13 bits per heavy atom. The van der Waals surface area contributed by atoms with Gasteiger partial charge in [-0.1, -0.05) is 35.9 Å². The van der Waals surface area contributed by atoms with Crippen molar-refractivity contribution in [1.82, 2.24) is 20.5 Å². The predicted octanol–water partition coefficient (Wildman–Crippen LogP) is 2.46. The second-order valence-corrected chi connectivity index (χ2v) is 5.44. The maximum Gasteiger partial charge on any atom is 0.340 e. The van der Waals surface area contributed by atoms with Gasteiger partial charge in [-0.05, 0) is 19.1 Å². The second-order valence-electron chi connectivity index (χ2n) is 4.63. The highest BCUT2D eigenvalue weighted by Crippen LogP contribution is 2.34. The lowest BCUT2D eigenvalue weighted by Gasteiger charge is -2.13. The van der Waals surface area contributed by atoms with Crippen LogP contribution in [-0.2, 0) is 0 Å². The van der Waals surface area contributed by atoms with E-state index in [9.17, 15) is 9.59 Å². The van der Waals surface area contributed by atoms with Crippen molar-refractivity contribution in [3.63, 3.8) is 0 Å². The van der Waals surface area contributed by atoms with Gasteiger partial charge in [-0.3, -0.25) is 9.78 Å². The molecule has 2 aromatic rings. The summed E-state index contributed by atoms with van der Waals surface area (Å²) in [4.78, 5) is 25.7. The van der Waals surface area contributed by atoms with Crippen LogP contribution in [0.25, 0.3) is 0 Å². The number of aromatic amines is 2. The number of rotatable bonds is 6. The van der Waals surface area contributed by atoms with Gasteiger partial charge in [0.1, 0.15) is 6.61 Å². The number of carbonyl (C=O) groups is 1. The average molecular weight is 357 g/mol. The molecular weight excluding hydrogens is 343 g/mol. The average Bonchev–Trinajstić information content (AvgIpc) is 2.93. The number of nitrogens with zero attached hydrogens (tertiary/aromatic N) is 1. The number of carbonyl (C=O) groups excluding carboxylic acids is 1. The van der Waals surface area contributed by atoms with Crippen LogP contribution in [0.3, 0.4) is 0 Å². The summed E-state index contributed by atoms with van der Waals surface area (Å²) in [5.74, 6) is 0.182. The molecule has 0 bridgehead atoms. The Morgan fingerprint density at radius 1 is 1.48 bits per heavy atom. The fourth-order valence-corrected chi connectivity index (χ4v) is 2.40. The van der Waals surface area contributed by atoms with Crippen molar-refractivity contribution in [3.8, 4) is 5.75 Å². The van der Waals surface area contributed by atoms with E-state index in [1.54, 1.807) is 13.0 Å². The third kappa shape index (κ3) is 4.14. The number of H-pyrrole nitrogens is 2. The molecule has 3 N–H and O–H groups in total. The van der Waals surface area contributed by atoms with Gasteiger partial charge < -0.3 is 10.1 Å². The van der Waals surface area contributed by atoms with Crippen LogP contribution < -0.4 is 15.7 Å². The molecule has 1 aromatic heterocycles. The number of hydrogen-bond acceptors (Lipinski definition) is 4. The highest BCUT2D eigenvalue weighted by Gasteiger charge is 2.17. The lowest BCUT2D eigenvalue weighted by Crippen LogP contribution is -2.27. The Bertz CT molecular complexity index is 761. The highest BCUT2D eigenvalue weighted by atomic mass is 35.5. The van der Waals surface area contributed by atoms with Gasteiger partial charge in [0.25, 0.3) is 5.91 Å². The number of nitrogens with one attached hydrogen (secondary N) is 3. The summed E-state index contributed by atoms with van der Waals surface area (Å²) >= 11 is 12.2. The van der Waals surface area contributed by atoms with Gasteiger partial charge in [0.15, 0.2) is 11.6 Å². The van der Waals surface area contributed by atoms with Crippen molar-refractivity contribution < 1.29 is 9.53 Å². The van der Waals surface area contributed by atoms with Crippen LogP contribution in [0, 0.1) is 0 Å². The van der Waals surface area contributed by atoms with Gasteiger partial charge in [-0.15, -0.1) is 0 Å². The molecule has 0 radical (unpaired) electrons. The molecule has 0 aliphatic carbocycles. The van der Waals surface area contributed by atoms with Crippen molar-refractivity contribution in [3.05, 3.63) is 56.7 Å². The minimum Gasteiger partial charge on any atom is -0.486 e. The van der Waals surface area contributed by atoms with Crippen molar-refractivity contribution >= 4 is 29.1 Å². The highest BCUT2D eigenvalue weighted by molar-refractivity contribution is 6.37. The molecule has 9 heteroatoms. The van der Waals surface area contributed by atoms with Crippen LogP contribution in [0.4, 0.5) is 0 Å². The summed E-state index contributed by atoms with van der Waals surface area (Å²) in [6.07, 6.45) is 1.56. The number of benzene rings is 1. The van der Waals surface area contributed by atoms with Crippen molar-refractivity contribution in [2.24, 2.45) is 0 Å². The van der Waals surface area contributed by atoms with E-state index in [2.05, 4.69) is 27.1 Å². The fourth-order valence-electron chi connectivity index (χ4n) is 1.81. The van der Waals surface area contributed by atoms with E-state index in [1.807, 2.05) is 0 Å². The Morgan fingerprint density at radius 3 is 2.65 bits per heavy atom. The van der Waals surface area contributed by atoms with Crippen molar-refractivity contribution in [1.29, 1.82) is 0 Å². The number of amides is 1. The topological polar surface area (TPSA) is 99.9 Å². The molecule has 1 atom stereocenters. The van der Waals surface area contributed by atoms with Crippen LogP contribution in [0.1, 0.15) is 29.1 Å². The lowest BCUT2D eigenvalue weighted by atomic mass is 10.2. The van der Waals surface area contributed by atoms with E-state index in [4.69, 9.17) is 27.9 Å². The number of ether oxygens (including phenoxy) is 1. The minimum absolute atomic E-state index is 0.213. The maximum absolute atomic E-state index is 12.2. The lowest BCUT2D eigenvalue weighted by molar-refractivity contribution is 0.0938. The Labute approximate surface area is 141 Å². The minimum atomic E-state index is -0.504. The molecule has 7 nitrogen and oxygen atoms in total. The van der Waals surface area contributed by atoms with Gasteiger partial charge in [-0.2, -0.15) is 5.10 Å². The largest absolute Gasteiger partial charge is 0.486 e. The van der Waals surface area contributed by atoms with Crippen LogP contribution in [-0.4, -0.2) is 27.7 Å². The summed E-state index contributed by atoms with van der Waals surface area (Å²) in [5, 5.41) is 9.09.